The lowest BCUT2D eigenvalue weighted by Crippen LogP contribution is -2.43. The zero-order valence-corrected chi connectivity index (χ0v) is 9.91. The Bertz CT molecular complexity index is 256. The molecule has 0 aromatic heterocycles. The minimum absolute atomic E-state index is 0.0192. The molecule has 2 N–H and O–H groups in total. The third kappa shape index (κ3) is 3.81. The first-order valence-corrected chi connectivity index (χ1v) is 5.82. The van der Waals surface area contributed by atoms with Gasteiger partial charge in [-0.1, -0.05) is 6.92 Å². The van der Waals surface area contributed by atoms with Crippen LogP contribution in [0.5, 0.6) is 0 Å². The molecular weight excluding hydrogens is 208 g/mol. The Balaban J connectivity index is 2.17. The second-order valence-electron chi connectivity index (χ2n) is 4.04. The lowest BCUT2D eigenvalue weighted by atomic mass is 10.0. The SMILES string of the molecule is CCOC(=O)CCNC(=O)C1NCCC1C. The van der Waals surface area contributed by atoms with Crippen LogP contribution in [-0.4, -0.2) is 37.6 Å². The molecule has 1 amide bonds. The molecule has 2 atom stereocenters. The predicted molar refractivity (Wildman–Crippen MR) is 59.8 cm³/mol. The van der Waals surface area contributed by atoms with E-state index >= 15 is 0 Å². The molecule has 0 aromatic carbocycles. The molecule has 1 aliphatic rings. The van der Waals surface area contributed by atoms with Gasteiger partial charge in [0.2, 0.25) is 5.91 Å². The monoisotopic (exact) mass is 228 g/mol. The van der Waals surface area contributed by atoms with E-state index in [1.165, 1.54) is 0 Å². The average molecular weight is 228 g/mol. The Morgan fingerprint density at radius 2 is 2.25 bits per heavy atom. The second kappa shape index (κ2) is 6.48. The van der Waals surface area contributed by atoms with Crippen molar-refractivity contribution in [3.05, 3.63) is 0 Å². The fraction of sp³-hybridized carbons (Fsp3) is 0.818. The van der Waals surface area contributed by atoms with Crippen LogP contribution in [0.3, 0.4) is 0 Å². The molecule has 1 saturated heterocycles. The molecule has 1 rings (SSSR count). The van der Waals surface area contributed by atoms with Gasteiger partial charge in [0.05, 0.1) is 19.1 Å². The molecule has 0 radical (unpaired) electrons. The number of carbonyl (C=O) groups excluding carboxylic acids is 2. The van der Waals surface area contributed by atoms with Gasteiger partial charge < -0.3 is 15.4 Å². The maximum absolute atomic E-state index is 11.7. The van der Waals surface area contributed by atoms with Gasteiger partial charge in [0, 0.05) is 6.54 Å². The molecule has 92 valence electrons. The van der Waals surface area contributed by atoms with Crippen LogP contribution in [-0.2, 0) is 14.3 Å². The van der Waals surface area contributed by atoms with Crippen molar-refractivity contribution in [3.8, 4) is 0 Å². The summed E-state index contributed by atoms with van der Waals surface area (Å²) >= 11 is 0. The van der Waals surface area contributed by atoms with Crippen molar-refractivity contribution in [2.24, 2.45) is 5.92 Å². The highest BCUT2D eigenvalue weighted by Crippen LogP contribution is 2.13. The minimum Gasteiger partial charge on any atom is -0.466 e. The molecule has 5 nitrogen and oxygen atoms in total. The van der Waals surface area contributed by atoms with E-state index in [9.17, 15) is 9.59 Å². The van der Waals surface area contributed by atoms with E-state index in [0.29, 0.717) is 19.1 Å². The number of carbonyl (C=O) groups is 2. The lowest BCUT2D eigenvalue weighted by Gasteiger charge is -2.15. The van der Waals surface area contributed by atoms with E-state index < -0.39 is 0 Å². The number of esters is 1. The average Bonchev–Trinajstić information content (AvgIpc) is 2.64. The first-order chi connectivity index (χ1) is 7.65. The summed E-state index contributed by atoms with van der Waals surface area (Å²) in [6, 6.07) is -0.109. The van der Waals surface area contributed by atoms with Crippen LogP contribution in [0.2, 0.25) is 0 Å². The highest BCUT2D eigenvalue weighted by Gasteiger charge is 2.28. The van der Waals surface area contributed by atoms with Crippen molar-refractivity contribution in [3.63, 3.8) is 0 Å². The maximum Gasteiger partial charge on any atom is 0.307 e. The fourth-order valence-electron chi connectivity index (χ4n) is 1.82. The Morgan fingerprint density at radius 3 is 2.81 bits per heavy atom. The zero-order chi connectivity index (χ0) is 12.0. The standard InChI is InChI=1S/C11H20N2O3/c1-3-16-9(14)5-7-13-11(15)10-8(2)4-6-12-10/h8,10,12H,3-7H2,1-2H3,(H,13,15). The summed E-state index contributed by atoms with van der Waals surface area (Å²) in [6.07, 6.45) is 1.26. The molecule has 2 unspecified atom stereocenters. The van der Waals surface area contributed by atoms with Gasteiger partial charge in [-0.15, -0.1) is 0 Å². The number of hydrogen-bond donors (Lipinski definition) is 2. The zero-order valence-electron chi connectivity index (χ0n) is 9.91. The topological polar surface area (TPSA) is 67.4 Å². The third-order valence-electron chi connectivity index (χ3n) is 2.75. The normalized spacial score (nSPS) is 24.1. The van der Waals surface area contributed by atoms with E-state index in [1.807, 2.05) is 0 Å². The number of amides is 1. The lowest BCUT2D eigenvalue weighted by molar-refractivity contribution is -0.143. The summed E-state index contributed by atoms with van der Waals surface area (Å²) in [5.41, 5.74) is 0. The van der Waals surface area contributed by atoms with Crippen LogP contribution < -0.4 is 10.6 Å². The first-order valence-electron chi connectivity index (χ1n) is 5.82. The Morgan fingerprint density at radius 1 is 1.50 bits per heavy atom. The largest absolute Gasteiger partial charge is 0.466 e. The number of hydrogen-bond acceptors (Lipinski definition) is 4. The van der Waals surface area contributed by atoms with Crippen molar-refractivity contribution < 1.29 is 14.3 Å². The van der Waals surface area contributed by atoms with Gasteiger partial charge >= 0.3 is 5.97 Å². The summed E-state index contributed by atoms with van der Waals surface area (Å²) < 4.78 is 4.76. The molecule has 16 heavy (non-hydrogen) atoms. The first kappa shape index (κ1) is 13.0. The predicted octanol–water partition coefficient (Wildman–Crippen LogP) is 0.0538. The Labute approximate surface area is 95.9 Å². The van der Waals surface area contributed by atoms with Crippen LogP contribution in [0, 0.1) is 5.92 Å². The van der Waals surface area contributed by atoms with Gasteiger partial charge in [-0.25, -0.2) is 0 Å². The van der Waals surface area contributed by atoms with Crippen molar-refractivity contribution >= 4 is 11.9 Å². The van der Waals surface area contributed by atoms with Gasteiger partial charge in [-0.05, 0) is 25.8 Å². The molecule has 1 heterocycles. The maximum atomic E-state index is 11.7. The third-order valence-corrected chi connectivity index (χ3v) is 2.75. The van der Waals surface area contributed by atoms with Crippen molar-refractivity contribution in [1.29, 1.82) is 0 Å². The molecular formula is C11H20N2O3. The molecule has 0 aliphatic carbocycles. The van der Waals surface area contributed by atoms with Crippen molar-refractivity contribution in [1.82, 2.24) is 10.6 Å². The molecule has 5 heteroatoms. The molecule has 0 aromatic rings. The Kier molecular flexibility index (Phi) is 5.25. The molecule has 0 saturated carbocycles. The number of ether oxygens (including phenoxy) is 1. The van der Waals surface area contributed by atoms with E-state index in [-0.39, 0.29) is 24.3 Å². The Hall–Kier alpha value is -1.10. The van der Waals surface area contributed by atoms with Gasteiger partial charge in [-0.2, -0.15) is 0 Å². The van der Waals surface area contributed by atoms with E-state index in [1.54, 1.807) is 6.92 Å². The highest BCUT2D eigenvalue weighted by atomic mass is 16.5. The summed E-state index contributed by atoms with van der Waals surface area (Å²) in [6.45, 7) is 5.43. The van der Waals surface area contributed by atoms with Crippen LogP contribution >= 0.6 is 0 Å². The van der Waals surface area contributed by atoms with Gasteiger partial charge in [-0.3, -0.25) is 9.59 Å². The van der Waals surface area contributed by atoms with Crippen LogP contribution in [0.15, 0.2) is 0 Å². The molecule has 0 spiro atoms. The number of nitrogens with one attached hydrogen (secondary N) is 2. The van der Waals surface area contributed by atoms with Crippen LogP contribution in [0.4, 0.5) is 0 Å². The van der Waals surface area contributed by atoms with Crippen molar-refractivity contribution in [2.75, 3.05) is 19.7 Å². The molecule has 1 aliphatic heterocycles. The molecule has 1 fully saturated rings. The van der Waals surface area contributed by atoms with Crippen molar-refractivity contribution in [2.45, 2.75) is 32.7 Å². The van der Waals surface area contributed by atoms with Crippen LogP contribution in [0.25, 0.3) is 0 Å². The highest BCUT2D eigenvalue weighted by molar-refractivity contribution is 5.82. The number of rotatable bonds is 5. The summed E-state index contributed by atoms with van der Waals surface area (Å²) in [5, 5.41) is 5.88. The quantitative estimate of drug-likeness (QED) is 0.653. The van der Waals surface area contributed by atoms with Gasteiger partial charge in [0.1, 0.15) is 0 Å². The van der Waals surface area contributed by atoms with Gasteiger partial charge in [0.25, 0.3) is 0 Å². The van der Waals surface area contributed by atoms with Crippen LogP contribution in [0.1, 0.15) is 26.7 Å². The van der Waals surface area contributed by atoms with E-state index in [2.05, 4.69) is 17.6 Å². The minimum atomic E-state index is -0.268. The smallest absolute Gasteiger partial charge is 0.307 e. The fourth-order valence-corrected chi connectivity index (χ4v) is 1.82. The molecule has 0 bridgehead atoms. The summed E-state index contributed by atoms with van der Waals surface area (Å²) in [5.74, 6) is 0.0760. The van der Waals surface area contributed by atoms with E-state index in [4.69, 9.17) is 4.74 Å². The summed E-state index contributed by atoms with van der Waals surface area (Å²) in [7, 11) is 0. The van der Waals surface area contributed by atoms with Gasteiger partial charge in [0.15, 0.2) is 0 Å². The van der Waals surface area contributed by atoms with E-state index in [0.717, 1.165) is 13.0 Å². The second-order valence-corrected chi connectivity index (χ2v) is 4.04. The summed E-state index contributed by atoms with van der Waals surface area (Å²) in [4.78, 5) is 22.7.